The molecule has 2 amide bonds. The van der Waals surface area contributed by atoms with E-state index in [0.717, 1.165) is 6.54 Å². The summed E-state index contributed by atoms with van der Waals surface area (Å²) < 4.78 is 5.52. The molecule has 1 aliphatic heterocycles. The lowest BCUT2D eigenvalue weighted by molar-refractivity contribution is -0.133. The van der Waals surface area contributed by atoms with Crippen molar-refractivity contribution in [3.63, 3.8) is 0 Å². The summed E-state index contributed by atoms with van der Waals surface area (Å²) >= 11 is 0. The van der Waals surface area contributed by atoms with Gasteiger partial charge in [-0.3, -0.25) is 9.59 Å². The van der Waals surface area contributed by atoms with E-state index in [1.165, 1.54) is 12.8 Å². The van der Waals surface area contributed by atoms with Gasteiger partial charge in [0.1, 0.15) is 5.56 Å². The van der Waals surface area contributed by atoms with E-state index < -0.39 is 0 Å². The van der Waals surface area contributed by atoms with Crippen molar-refractivity contribution >= 4 is 11.8 Å². The fraction of sp³-hybridized carbons (Fsp3) is 0.650. The van der Waals surface area contributed by atoms with Crippen LogP contribution in [0.2, 0.25) is 0 Å². The summed E-state index contributed by atoms with van der Waals surface area (Å²) in [5.41, 5.74) is 0.472. The molecule has 6 nitrogen and oxygen atoms in total. The van der Waals surface area contributed by atoms with Crippen LogP contribution in [-0.4, -0.2) is 58.9 Å². The molecule has 0 spiro atoms. The molecule has 142 valence electrons. The molecule has 1 aromatic heterocycles. The number of rotatable bonds is 6. The van der Waals surface area contributed by atoms with Crippen LogP contribution in [0.5, 0.6) is 5.88 Å². The van der Waals surface area contributed by atoms with Crippen LogP contribution in [0.3, 0.4) is 0 Å². The summed E-state index contributed by atoms with van der Waals surface area (Å²) in [5, 5.41) is 0. The smallest absolute Gasteiger partial charge is 0.259 e. The Morgan fingerprint density at radius 2 is 2.15 bits per heavy atom. The van der Waals surface area contributed by atoms with E-state index in [0.29, 0.717) is 49.4 Å². The molecule has 2 fully saturated rings. The van der Waals surface area contributed by atoms with Crippen molar-refractivity contribution in [3.05, 3.63) is 23.9 Å². The highest BCUT2D eigenvalue weighted by Gasteiger charge is 2.37. The van der Waals surface area contributed by atoms with Gasteiger partial charge in [-0.05, 0) is 43.7 Å². The lowest BCUT2D eigenvalue weighted by Gasteiger charge is -2.35. The molecule has 1 saturated heterocycles. The van der Waals surface area contributed by atoms with Gasteiger partial charge in [-0.2, -0.15) is 0 Å². The summed E-state index contributed by atoms with van der Waals surface area (Å²) in [4.78, 5) is 33.9. The van der Waals surface area contributed by atoms with Crippen LogP contribution in [0.1, 0.15) is 50.4 Å². The molecule has 0 aromatic carbocycles. The summed E-state index contributed by atoms with van der Waals surface area (Å²) in [7, 11) is 0. The second kappa shape index (κ2) is 8.06. The van der Waals surface area contributed by atoms with Crippen LogP contribution in [0.25, 0.3) is 0 Å². The van der Waals surface area contributed by atoms with E-state index in [1.54, 1.807) is 23.2 Å². The van der Waals surface area contributed by atoms with Crippen LogP contribution in [0.15, 0.2) is 18.3 Å². The highest BCUT2D eigenvalue weighted by molar-refractivity contribution is 5.96. The second-order valence-electron chi connectivity index (χ2n) is 7.59. The van der Waals surface area contributed by atoms with Crippen molar-refractivity contribution in [1.82, 2.24) is 14.8 Å². The Morgan fingerprint density at radius 3 is 2.81 bits per heavy atom. The number of ether oxygens (including phenoxy) is 1. The fourth-order valence-corrected chi connectivity index (χ4v) is 3.52. The molecule has 0 radical (unpaired) electrons. The maximum Gasteiger partial charge on any atom is 0.259 e. The quantitative estimate of drug-likeness (QED) is 0.783. The van der Waals surface area contributed by atoms with Gasteiger partial charge in [0.05, 0.1) is 12.6 Å². The van der Waals surface area contributed by atoms with E-state index in [-0.39, 0.29) is 17.9 Å². The highest BCUT2D eigenvalue weighted by Crippen LogP contribution is 2.32. The van der Waals surface area contributed by atoms with Gasteiger partial charge in [0.25, 0.3) is 5.91 Å². The molecule has 0 bridgehead atoms. The minimum Gasteiger partial charge on any atom is -0.477 e. The number of carbonyl (C=O) groups excluding carboxylic acids is 2. The molecule has 26 heavy (non-hydrogen) atoms. The molecule has 1 aromatic rings. The van der Waals surface area contributed by atoms with Gasteiger partial charge in [-0.25, -0.2) is 4.98 Å². The number of pyridine rings is 1. The van der Waals surface area contributed by atoms with Crippen molar-refractivity contribution in [1.29, 1.82) is 0 Å². The molecule has 6 heteroatoms. The Labute approximate surface area is 155 Å². The average molecular weight is 359 g/mol. The minimum absolute atomic E-state index is 0.0572. The maximum absolute atomic E-state index is 13.1. The van der Waals surface area contributed by atoms with E-state index in [4.69, 9.17) is 4.74 Å². The predicted octanol–water partition coefficient (Wildman–Crippen LogP) is 2.59. The molecule has 0 N–H and O–H groups in total. The summed E-state index contributed by atoms with van der Waals surface area (Å²) in [6.07, 6.45) is 4.43. The normalized spacial score (nSPS) is 21.1. The fourth-order valence-electron chi connectivity index (χ4n) is 3.52. The lowest BCUT2D eigenvalue weighted by atomic mass is 10.0. The Hall–Kier alpha value is -2.11. The third-order valence-electron chi connectivity index (χ3n) is 5.21. The zero-order valence-corrected chi connectivity index (χ0v) is 16.0. The maximum atomic E-state index is 13.1. The minimum atomic E-state index is -0.103. The van der Waals surface area contributed by atoms with E-state index in [1.807, 2.05) is 11.8 Å². The van der Waals surface area contributed by atoms with Gasteiger partial charge < -0.3 is 14.5 Å². The second-order valence-corrected chi connectivity index (χ2v) is 7.59. The van der Waals surface area contributed by atoms with Crippen molar-refractivity contribution in [3.8, 4) is 5.88 Å². The molecule has 2 aliphatic rings. The van der Waals surface area contributed by atoms with Gasteiger partial charge in [-0.15, -0.1) is 0 Å². The topological polar surface area (TPSA) is 62.7 Å². The Bertz CT molecular complexity index is 657. The van der Waals surface area contributed by atoms with Gasteiger partial charge in [0.15, 0.2) is 0 Å². The van der Waals surface area contributed by atoms with Crippen molar-refractivity contribution < 1.29 is 14.3 Å². The van der Waals surface area contributed by atoms with Crippen LogP contribution in [-0.2, 0) is 4.79 Å². The summed E-state index contributed by atoms with van der Waals surface area (Å²) in [6, 6.07) is 3.55. The number of amides is 2. The van der Waals surface area contributed by atoms with Gasteiger partial charge in [-0.1, -0.05) is 13.8 Å². The molecular formula is C20H29N3O3. The van der Waals surface area contributed by atoms with Crippen molar-refractivity contribution in [2.45, 2.75) is 46.1 Å². The van der Waals surface area contributed by atoms with Gasteiger partial charge >= 0.3 is 0 Å². The number of hydrogen-bond acceptors (Lipinski definition) is 4. The first-order chi connectivity index (χ1) is 12.5. The third-order valence-corrected chi connectivity index (χ3v) is 5.21. The molecule has 1 atom stereocenters. The first-order valence-corrected chi connectivity index (χ1v) is 9.67. The third kappa shape index (κ3) is 4.17. The van der Waals surface area contributed by atoms with Crippen molar-refractivity contribution in [2.24, 2.45) is 11.8 Å². The van der Waals surface area contributed by atoms with E-state index in [2.05, 4.69) is 18.8 Å². The summed E-state index contributed by atoms with van der Waals surface area (Å²) in [6.45, 7) is 8.43. The van der Waals surface area contributed by atoms with E-state index in [9.17, 15) is 9.59 Å². The SMILES string of the molecule is CCOc1ncccc1C(=O)N1CCC(=O)N(CC2CC2)[C@@H](C(C)C)C1. The van der Waals surface area contributed by atoms with Crippen molar-refractivity contribution in [2.75, 3.05) is 26.2 Å². The molecule has 0 unspecified atom stereocenters. The first kappa shape index (κ1) is 18.7. The number of hydrogen-bond donors (Lipinski definition) is 0. The monoisotopic (exact) mass is 359 g/mol. The molecule has 1 aliphatic carbocycles. The number of aromatic nitrogens is 1. The van der Waals surface area contributed by atoms with Gasteiger partial charge in [0.2, 0.25) is 11.8 Å². The summed E-state index contributed by atoms with van der Waals surface area (Å²) in [5.74, 6) is 1.37. The Kier molecular flexibility index (Phi) is 5.79. The van der Waals surface area contributed by atoms with Crippen LogP contribution >= 0.6 is 0 Å². The molecule has 3 rings (SSSR count). The zero-order valence-electron chi connectivity index (χ0n) is 16.0. The molecular weight excluding hydrogens is 330 g/mol. The Morgan fingerprint density at radius 1 is 1.38 bits per heavy atom. The van der Waals surface area contributed by atoms with Crippen LogP contribution in [0.4, 0.5) is 0 Å². The zero-order chi connectivity index (χ0) is 18.7. The van der Waals surface area contributed by atoms with Gasteiger partial charge in [0, 0.05) is 32.3 Å². The standard InChI is InChI=1S/C20H29N3O3/c1-4-26-19-16(6-5-10-21-19)20(25)22-11-9-18(24)23(12-15-7-8-15)17(13-22)14(2)3/h5-6,10,14-15,17H,4,7-9,11-13H2,1-3H3/t17-/m1/s1. The van der Waals surface area contributed by atoms with Crippen LogP contribution in [0, 0.1) is 11.8 Å². The Balaban J connectivity index is 1.81. The largest absolute Gasteiger partial charge is 0.477 e. The average Bonchev–Trinajstić information content (AvgIpc) is 3.45. The van der Waals surface area contributed by atoms with E-state index >= 15 is 0 Å². The predicted molar refractivity (Wildman–Crippen MR) is 99.0 cm³/mol. The molecule has 2 heterocycles. The first-order valence-electron chi connectivity index (χ1n) is 9.67. The number of carbonyl (C=O) groups is 2. The van der Waals surface area contributed by atoms with Crippen LogP contribution < -0.4 is 4.74 Å². The lowest BCUT2D eigenvalue weighted by Crippen LogP contribution is -2.48. The highest BCUT2D eigenvalue weighted by atomic mass is 16.5. The molecule has 1 saturated carbocycles. The number of nitrogens with zero attached hydrogens (tertiary/aromatic N) is 3.